The summed E-state index contributed by atoms with van der Waals surface area (Å²) in [6.07, 6.45) is -1.60. The van der Waals surface area contributed by atoms with Gasteiger partial charge in [0.1, 0.15) is 5.56 Å². The van der Waals surface area contributed by atoms with Crippen molar-refractivity contribution in [3.05, 3.63) is 101 Å². The highest BCUT2D eigenvalue weighted by Gasteiger charge is 2.33. The zero-order valence-corrected chi connectivity index (χ0v) is 18.9. The van der Waals surface area contributed by atoms with Crippen LogP contribution in [0.5, 0.6) is 11.6 Å². The van der Waals surface area contributed by atoms with Gasteiger partial charge in [0, 0.05) is 24.8 Å². The van der Waals surface area contributed by atoms with Crippen molar-refractivity contribution in [3.63, 3.8) is 0 Å². The molecule has 0 saturated carbocycles. The summed E-state index contributed by atoms with van der Waals surface area (Å²) < 4.78 is 58.2. The molecule has 10 heteroatoms. The third kappa shape index (κ3) is 4.61. The highest BCUT2D eigenvalue weighted by molar-refractivity contribution is 6.00. The number of nitrogens with zero attached hydrogens (tertiary/aromatic N) is 4. The van der Waals surface area contributed by atoms with Gasteiger partial charge in [0.25, 0.3) is 5.91 Å². The predicted molar refractivity (Wildman–Crippen MR) is 121 cm³/mol. The van der Waals surface area contributed by atoms with Gasteiger partial charge in [-0.3, -0.25) is 4.79 Å². The number of alkyl halides is 3. The van der Waals surface area contributed by atoms with Gasteiger partial charge in [-0.05, 0) is 53.9 Å². The molecule has 1 aliphatic rings. The first-order valence-electron chi connectivity index (χ1n) is 10.9. The van der Waals surface area contributed by atoms with Gasteiger partial charge in [-0.2, -0.15) is 23.4 Å². The van der Waals surface area contributed by atoms with Crippen LogP contribution in [0.3, 0.4) is 0 Å². The van der Waals surface area contributed by atoms with Crippen LogP contribution < -0.4 is 4.74 Å². The van der Waals surface area contributed by atoms with Crippen LogP contribution in [0.2, 0.25) is 0 Å². The summed E-state index contributed by atoms with van der Waals surface area (Å²) >= 11 is 0. The number of carbonyl (C=O) groups excluding carboxylic acids is 1. The zero-order valence-electron chi connectivity index (χ0n) is 18.9. The van der Waals surface area contributed by atoms with Crippen LogP contribution in [-0.4, -0.2) is 26.0 Å². The van der Waals surface area contributed by atoms with E-state index in [2.05, 4.69) is 15.2 Å². The summed E-state index contributed by atoms with van der Waals surface area (Å²) in [6, 6.07) is 13.2. The standard InChI is InChI=1S/C26H18F4N4O2/c1-15-10-19(12-32-33-15)17-4-2-16(3-5-17)13-34-14-18-8-9-31-24(23(18)25(34)35)36-22-7-6-20(11-21(22)27)26(28,29)30/h2-12H,13-14H2,1H3. The summed E-state index contributed by atoms with van der Waals surface area (Å²) in [5.74, 6) is -2.18. The molecule has 0 aliphatic carbocycles. The van der Waals surface area contributed by atoms with Crippen molar-refractivity contribution < 1.29 is 27.1 Å². The Morgan fingerprint density at radius 1 is 1.03 bits per heavy atom. The summed E-state index contributed by atoms with van der Waals surface area (Å²) in [6.45, 7) is 2.47. The van der Waals surface area contributed by atoms with Gasteiger partial charge < -0.3 is 9.64 Å². The Balaban J connectivity index is 1.34. The van der Waals surface area contributed by atoms with Gasteiger partial charge in [0.2, 0.25) is 5.88 Å². The SMILES string of the molecule is Cc1cc(-c2ccc(CN3Cc4ccnc(Oc5ccc(C(F)(F)F)cc5F)c4C3=O)cc2)cnn1. The van der Waals surface area contributed by atoms with Crippen molar-refractivity contribution in [2.75, 3.05) is 0 Å². The molecule has 0 radical (unpaired) electrons. The van der Waals surface area contributed by atoms with Crippen molar-refractivity contribution in [2.24, 2.45) is 0 Å². The highest BCUT2D eigenvalue weighted by atomic mass is 19.4. The Morgan fingerprint density at radius 3 is 2.50 bits per heavy atom. The number of hydrogen-bond donors (Lipinski definition) is 0. The fourth-order valence-corrected chi connectivity index (χ4v) is 4.00. The number of carbonyl (C=O) groups is 1. The summed E-state index contributed by atoms with van der Waals surface area (Å²) in [4.78, 5) is 18.8. The molecule has 4 aromatic rings. The van der Waals surface area contributed by atoms with E-state index in [0.717, 1.165) is 28.5 Å². The molecule has 0 unspecified atom stereocenters. The summed E-state index contributed by atoms with van der Waals surface area (Å²) in [7, 11) is 0. The first kappa shape index (κ1) is 23.4. The molecule has 0 spiro atoms. The van der Waals surface area contributed by atoms with E-state index in [1.807, 2.05) is 37.3 Å². The molecule has 6 nitrogen and oxygen atoms in total. The number of halogens is 4. The van der Waals surface area contributed by atoms with Crippen LogP contribution in [0.15, 0.2) is 67.0 Å². The highest BCUT2D eigenvalue weighted by Crippen LogP contribution is 2.36. The normalized spacial score (nSPS) is 13.1. The minimum absolute atomic E-state index is 0.158. The first-order chi connectivity index (χ1) is 17.2. The van der Waals surface area contributed by atoms with Gasteiger partial charge in [0.05, 0.1) is 17.5 Å². The topological polar surface area (TPSA) is 68.2 Å². The van der Waals surface area contributed by atoms with Crippen LogP contribution in [0, 0.1) is 12.7 Å². The van der Waals surface area contributed by atoms with E-state index in [1.54, 1.807) is 17.2 Å². The molecule has 5 rings (SSSR count). The smallest absolute Gasteiger partial charge is 0.416 e. The lowest BCUT2D eigenvalue weighted by molar-refractivity contribution is -0.137. The number of ether oxygens (including phenoxy) is 1. The fourth-order valence-electron chi connectivity index (χ4n) is 4.00. The Labute approximate surface area is 203 Å². The van der Waals surface area contributed by atoms with Crippen LogP contribution in [0.1, 0.15) is 32.7 Å². The van der Waals surface area contributed by atoms with E-state index >= 15 is 0 Å². The molecule has 0 saturated heterocycles. The van der Waals surface area contributed by atoms with E-state index < -0.39 is 23.3 Å². The number of amides is 1. The molecular formula is C26H18F4N4O2. The second kappa shape index (κ2) is 9.03. The minimum Gasteiger partial charge on any atom is -0.435 e. The molecule has 1 aliphatic heterocycles. The van der Waals surface area contributed by atoms with E-state index in [4.69, 9.17) is 4.74 Å². The number of aromatic nitrogens is 3. The number of benzene rings is 2. The monoisotopic (exact) mass is 494 g/mol. The van der Waals surface area contributed by atoms with Crippen LogP contribution >= 0.6 is 0 Å². The van der Waals surface area contributed by atoms with Gasteiger partial charge in [-0.15, -0.1) is 0 Å². The maximum Gasteiger partial charge on any atom is 0.416 e. The number of rotatable bonds is 5. The molecule has 1 amide bonds. The average molecular weight is 494 g/mol. The molecule has 182 valence electrons. The number of pyridine rings is 1. The van der Waals surface area contributed by atoms with Crippen molar-refractivity contribution in [2.45, 2.75) is 26.2 Å². The second-order valence-electron chi connectivity index (χ2n) is 8.34. The van der Waals surface area contributed by atoms with Crippen molar-refractivity contribution >= 4 is 5.91 Å². The Morgan fingerprint density at radius 2 is 1.81 bits per heavy atom. The lowest BCUT2D eigenvalue weighted by Crippen LogP contribution is -2.23. The van der Waals surface area contributed by atoms with E-state index in [-0.39, 0.29) is 23.9 Å². The van der Waals surface area contributed by atoms with E-state index in [1.165, 1.54) is 6.20 Å². The van der Waals surface area contributed by atoms with E-state index in [9.17, 15) is 22.4 Å². The fraction of sp³-hybridized carbons (Fsp3) is 0.154. The quantitative estimate of drug-likeness (QED) is 0.321. The van der Waals surface area contributed by atoms with E-state index in [0.29, 0.717) is 24.2 Å². The van der Waals surface area contributed by atoms with Crippen molar-refractivity contribution in [1.82, 2.24) is 20.1 Å². The molecule has 3 heterocycles. The lowest BCUT2D eigenvalue weighted by atomic mass is 10.1. The number of hydrogen-bond acceptors (Lipinski definition) is 5. The third-order valence-corrected chi connectivity index (χ3v) is 5.77. The van der Waals surface area contributed by atoms with Gasteiger partial charge in [-0.1, -0.05) is 24.3 Å². The molecule has 2 aromatic carbocycles. The molecule has 0 bridgehead atoms. The second-order valence-corrected chi connectivity index (χ2v) is 8.34. The first-order valence-corrected chi connectivity index (χ1v) is 10.9. The number of aryl methyl sites for hydroxylation is 1. The average Bonchev–Trinajstić information content (AvgIpc) is 3.16. The minimum atomic E-state index is -4.69. The predicted octanol–water partition coefficient (Wildman–Crippen LogP) is 5.95. The van der Waals surface area contributed by atoms with Gasteiger partial charge in [0.15, 0.2) is 11.6 Å². The number of fused-ring (bicyclic) bond motifs is 1. The maximum absolute atomic E-state index is 14.3. The molecule has 0 atom stereocenters. The molecule has 0 N–H and O–H groups in total. The molecule has 2 aromatic heterocycles. The Bertz CT molecular complexity index is 1460. The largest absolute Gasteiger partial charge is 0.435 e. The summed E-state index contributed by atoms with van der Waals surface area (Å²) in [5, 5.41) is 7.92. The zero-order chi connectivity index (χ0) is 25.4. The Kier molecular flexibility index (Phi) is 5.87. The lowest BCUT2D eigenvalue weighted by Gasteiger charge is -2.16. The van der Waals surface area contributed by atoms with Gasteiger partial charge in [-0.25, -0.2) is 9.37 Å². The maximum atomic E-state index is 14.3. The molecular weight excluding hydrogens is 476 g/mol. The third-order valence-electron chi connectivity index (χ3n) is 5.77. The van der Waals surface area contributed by atoms with Crippen LogP contribution in [0.25, 0.3) is 11.1 Å². The summed E-state index contributed by atoms with van der Waals surface area (Å²) in [5.41, 5.74) is 3.25. The van der Waals surface area contributed by atoms with Crippen LogP contribution in [-0.2, 0) is 19.3 Å². The molecule has 0 fully saturated rings. The van der Waals surface area contributed by atoms with Gasteiger partial charge >= 0.3 is 6.18 Å². The Hall–Kier alpha value is -4.34. The van der Waals surface area contributed by atoms with Crippen LogP contribution in [0.4, 0.5) is 17.6 Å². The molecule has 36 heavy (non-hydrogen) atoms. The van der Waals surface area contributed by atoms with Crippen molar-refractivity contribution in [3.8, 4) is 22.8 Å². The van der Waals surface area contributed by atoms with Crippen molar-refractivity contribution in [1.29, 1.82) is 0 Å².